The Morgan fingerprint density at radius 2 is 1.05 bits per heavy atom. The SMILES string of the molecule is C[C@@H]1CC2CC(C1)[C@@]1(c3ccccc3-c3ccc(N(c4ccc(-c5ccc([Si](C)(C)C)cc5)cc4)c4ccc5c(c4)C4(CCCC4)c4ccccc4-5)cc31)[C@@H](C)C2. The molecule has 3 fully saturated rings. The Labute approximate surface area is 342 Å². The number of benzene rings is 6. The van der Waals surface area contributed by atoms with Gasteiger partial charge < -0.3 is 4.90 Å². The minimum absolute atomic E-state index is 0.0538. The lowest BCUT2D eigenvalue weighted by Gasteiger charge is -2.54. The number of nitrogens with zero attached hydrogens (tertiary/aromatic N) is 1. The Balaban J connectivity index is 1.08. The number of fused-ring (bicyclic) bond motifs is 13. The predicted octanol–water partition coefficient (Wildman–Crippen LogP) is 14.6. The maximum absolute atomic E-state index is 2.65. The van der Waals surface area contributed by atoms with E-state index in [0.29, 0.717) is 11.8 Å². The van der Waals surface area contributed by atoms with Crippen molar-refractivity contribution in [3.63, 3.8) is 0 Å². The predicted molar refractivity (Wildman–Crippen MR) is 244 cm³/mol. The third-order valence-electron chi connectivity index (χ3n) is 15.7. The highest BCUT2D eigenvalue weighted by Gasteiger charge is 2.56. The van der Waals surface area contributed by atoms with Crippen molar-refractivity contribution in [2.45, 2.75) is 95.7 Å². The fraction of sp³-hybridized carbons (Fsp3) is 0.345. The van der Waals surface area contributed by atoms with Crippen molar-refractivity contribution in [1.82, 2.24) is 0 Å². The molecular weight excluding hydrogens is 703 g/mol. The van der Waals surface area contributed by atoms with E-state index in [-0.39, 0.29) is 10.8 Å². The summed E-state index contributed by atoms with van der Waals surface area (Å²) in [5.41, 5.74) is 18.6. The highest BCUT2D eigenvalue weighted by molar-refractivity contribution is 6.88. The van der Waals surface area contributed by atoms with Crippen LogP contribution in [0.2, 0.25) is 19.6 Å². The summed E-state index contributed by atoms with van der Waals surface area (Å²) in [7, 11) is -1.36. The first-order chi connectivity index (χ1) is 27.6. The van der Waals surface area contributed by atoms with Gasteiger partial charge >= 0.3 is 0 Å². The van der Waals surface area contributed by atoms with E-state index in [4.69, 9.17) is 0 Å². The van der Waals surface area contributed by atoms with E-state index in [0.717, 1.165) is 11.8 Å². The van der Waals surface area contributed by atoms with Crippen LogP contribution in [0.25, 0.3) is 33.4 Å². The standard InChI is InChI=1S/C55H57NSi/c1-36-30-38-32-37(2)55(41(31-36)33-38)51-15-9-7-13-47(51)49-27-23-44(35-53(49)55)56(42-20-16-39(17-21-42)40-18-24-45(25-19-40)57(3,4)5)43-22-26-48-46-12-6-8-14-50(46)54(52(48)34-43)28-10-11-29-54/h6-9,12-27,34-38,41H,10-11,28-33H2,1-5H3/t36-,37+,38?,41?,55-/m1/s1. The zero-order valence-corrected chi connectivity index (χ0v) is 35.6. The van der Waals surface area contributed by atoms with Crippen molar-refractivity contribution in [2.75, 3.05) is 4.90 Å². The molecule has 6 aromatic rings. The van der Waals surface area contributed by atoms with Crippen LogP contribution in [0.15, 0.2) is 133 Å². The van der Waals surface area contributed by atoms with Crippen LogP contribution in [0.1, 0.15) is 87.5 Å². The summed E-state index contributed by atoms with van der Waals surface area (Å²) in [5.74, 6) is 2.93. The summed E-state index contributed by atoms with van der Waals surface area (Å²) in [6.45, 7) is 12.4. The van der Waals surface area contributed by atoms with Crippen LogP contribution in [-0.2, 0) is 10.8 Å². The van der Waals surface area contributed by atoms with Crippen molar-refractivity contribution >= 4 is 30.3 Å². The Kier molecular flexibility index (Phi) is 8.05. The second kappa shape index (κ2) is 12.9. The third-order valence-corrected chi connectivity index (χ3v) is 17.8. The monoisotopic (exact) mass is 759 g/mol. The molecule has 2 bridgehead atoms. The first-order valence-electron chi connectivity index (χ1n) is 22.1. The molecule has 11 rings (SSSR count). The second-order valence-electron chi connectivity index (χ2n) is 19.9. The molecule has 5 atom stereocenters. The molecule has 5 aliphatic carbocycles. The fourth-order valence-electron chi connectivity index (χ4n) is 13.4. The van der Waals surface area contributed by atoms with Gasteiger partial charge in [0.15, 0.2) is 0 Å². The summed E-state index contributed by atoms with van der Waals surface area (Å²) in [5, 5.41) is 1.51. The van der Waals surface area contributed by atoms with Gasteiger partial charge in [0.1, 0.15) is 0 Å². The van der Waals surface area contributed by atoms with E-state index in [1.807, 2.05) is 0 Å². The Hall–Kier alpha value is -4.66. The molecule has 2 unspecified atom stereocenters. The van der Waals surface area contributed by atoms with Crippen LogP contribution in [0.4, 0.5) is 17.1 Å². The molecule has 0 heterocycles. The minimum atomic E-state index is -1.36. The summed E-state index contributed by atoms with van der Waals surface area (Å²) < 4.78 is 0. The van der Waals surface area contributed by atoms with Gasteiger partial charge in [-0.05, 0) is 154 Å². The normalized spacial score (nSPS) is 24.9. The van der Waals surface area contributed by atoms with E-state index in [1.54, 1.807) is 16.7 Å². The summed E-state index contributed by atoms with van der Waals surface area (Å²) in [6, 6.07) is 52.7. The van der Waals surface area contributed by atoms with Crippen LogP contribution >= 0.6 is 0 Å². The van der Waals surface area contributed by atoms with Gasteiger partial charge in [-0.3, -0.25) is 0 Å². The Bertz CT molecular complexity index is 2510. The molecule has 0 aliphatic heterocycles. The van der Waals surface area contributed by atoms with Crippen LogP contribution in [-0.4, -0.2) is 8.07 Å². The molecule has 0 radical (unpaired) electrons. The Morgan fingerprint density at radius 1 is 0.509 bits per heavy atom. The zero-order chi connectivity index (χ0) is 38.7. The largest absolute Gasteiger partial charge is 0.310 e. The van der Waals surface area contributed by atoms with Gasteiger partial charge in [-0.2, -0.15) is 0 Å². The number of hydrogen-bond acceptors (Lipinski definition) is 1. The molecule has 0 amide bonds. The molecule has 6 aromatic carbocycles. The molecule has 3 saturated carbocycles. The zero-order valence-electron chi connectivity index (χ0n) is 34.6. The highest BCUT2D eigenvalue weighted by atomic mass is 28.3. The van der Waals surface area contributed by atoms with E-state index in [9.17, 15) is 0 Å². The fourth-order valence-corrected chi connectivity index (χ4v) is 14.5. The van der Waals surface area contributed by atoms with Crippen molar-refractivity contribution in [2.24, 2.45) is 23.7 Å². The van der Waals surface area contributed by atoms with Crippen LogP contribution in [0.5, 0.6) is 0 Å². The van der Waals surface area contributed by atoms with Crippen molar-refractivity contribution in [3.8, 4) is 33.4 Å². The van der Waals surface area contributed by atoms with Crippen molar-refractivity contribution in [1.29, 1.82) is 0 Å². The molecule has 2 spiro atoms. The Morgan fingerprint density at radius 3 is 1.72 bits per heavy atom. The second-order valence-corrected chi connectivity index (χ2v) is 25.0. The smallest absolute Gasteiger partial charge is 0.0775 e. The average molecular weight is 760 g/mol. The first kappa shape index (κ1) is 35.5. The summed E-state index contributed by atoms with van der Waals surface area (Å²) in [4.78, 5) is 2.60. The molecule has 5 aliphatic rings. The van der Waals surface area contributed by atoms with Gasteiger partial charge in [0.25, 0.3) is 0 Å². The molecule has 0 N–H and O–H groups in total. The van der Waals surface area contributed by atoms with Gasteiger partial charge in [0.2, 0.25) is 0 Å². The first-order valence-corrected chi connectivity index (χ1v) is 25.6. The summed E-state index contributed by atoms with van der Waals surface area (Å²) >= 11 is 0. The number of rotatable bonds is 5. The van der Waals surface area contributed by atoms with Crippen LogP contribution in [0.3, 0.4) is 0 Å². The maximum Gasteiger partial charge on any atom is 0.0775 e. The van der Waals surface area contributed by atoms with Crippen LogP contribution in [0, 0.1) is 23.7 Å². The van der Waals surface area contributed by atoms with Gasteiger partial charge in [-0.15, -0.1) is 0 Å². The molecule has 2 heteroatoms. The van der Waals surface area contributed by atoms with E-state index in [1.165, 1.54) is 113 Å². The molecule has 0 saturated heterocycles. The maximum atomic E-state index is 2.65. The molecule has 0 aromatic heterocycles. The summed E-state index contributed by atoms with van der Waals surface area (Å²) in [6.07, 6.45) is 10.5. The van der Waals surface area contributed by atoms with Gasteiger partial charge in [-0.25, -0.2) is 0 Å². The van der Waals surface area contributed by atoms with Crippen molar-refractivity contribution in [3.05, 3.63) is 156 Å². The van der Waals surface area contributed by atoms with Gasteiger partial charge in [-0.1, -0.05) is 149 Å². The van der Waals surface area contributed by atoms with Crippen LogP contribution < -0.4 is 10.1 Å². The lowest BCUT2D eigenvalue weighted by Crippen LogP contribution is -2.49. The van der Waals surface area contributed by atoms with Gasteiger partial charge in [0.05, 0.1) is 8.07 Å². The number of anilines is 3. The molecule has 57 heavy (non-hydrogen) atoms. The lowest BCUT2D eigenvalue weighted by molar-refractivity contribution is 0.0426. The molecular formula is C55H57NSi. The minimum Gasteiger partial charge on any atom is -0.310 e. The molecule has 1 nitrogen and oxygen atoms in total. The lowest BCUT2D eigenvalue weighted by atomic mass is 9.49. The highest BCUT2D eigenvalue weighted by Crippen LogP contribution is 2.65. The average Bonchev–Trinajstić information content (AvgIpc) is 3.90. The van der Waals surface area contributed by atoms with Crippen molar-refractivity contribution < 1.29 is 0 Å². The number of hydrogen-bond donors (Lipinski definition) is 0. The van der Waals surface area contributed by atoms with E-state index >= 15 is 0 Å². The topological polar surface area (TPSA) is 3.24 Å². The third kappa shape index (κ3) is 5.25. The van der Waals surface area contributed by atoms with E-state index in [2.05, 4.69) is 172 Å². The van der Waals surface area contributed by atoms with E-state index < -0.39 is 8.07 Å². The molecule has 286 valence electrons. The quantitative estimate of drug-likeness (QED) is 0.158. The van der Waals surface area contributed by atoms with Gasteiger partial charge in [0, 0.05) is 27.9 Å².